The lowest BCUT2D eigenvalue weighted by molar-refractivity contribution is -0.385. The van der Waals surface area contributed by atoms with Crippen molar-refractivity contribution < 1.29 is 24.0 Å². The molecule has 0 fully saturated rings. The molecule has 0 aliphatic rings. The zero-order valence-corrected chi connectivity index (χ0v) is 17.4. The summed E-state index contributed by atoms with van der Waals surface area (Å²) in [5, 5.41) is 12.6. The summed E-state index contributed by atoms with van der Waals surface area (Å²) in [6.07, 6.45) is 0. The number of hydrogen-bond donors (Lipinski definition) is 1. The Morgan fingerprint density at radius 2 is 1.41 bits per heavy atom. The number of rotatable bonds is 4. The molecule has 0 aliphatic heterocycles. The van der Waals surface area contributed by atoms with E-state index in [0.29, 0.717) is 10.8 Å². The molecule has 0 unspecified atom stereocenters. The summed E-state index contributed by atoms with van der Waals surface area (Å²) >= 11 is 0. The van der Waals surface area contributed by atoms with Crippen LogP contribution in [0.25, 0.3) is 10.8 Å². The Balaban J connectivity index is 2.82. The van der Waals surface area contributed by atoms with E-state index in [1.54, 1.807) is 65.8 Å². The van der Waals surface area contributed by atoms with Gasteiger partial charge < -0.3 is 15.2 Å². The molecule has 8 nitrogen and oxygen atoms in total. The molecule has 0 aromatic heterocycles. The number of ether oxygens (including phenoxy) is 2. The third kappa shape index (κ3) is 5.22. The minimum atomic E-state index is -1.64. The minimum Gasteiger partial charge on any atom is -0.459 e. The molecule has 0 atom stereocenters. The fraction of sp³-hybridized carbons (Fsp3) is 0.429. The Kier molecular flexibility index (Phi) is 5.87. The Hall–Kier alpha value is -3.16. The van der Waals surface area contributed by atoms with Crippen molar-refractivity contribution in [3.8, 4) is 0 Å². The molecule has 0 amide bonds. The first-order chi connectivity index (χ1) is 13.2. The van der Waals surface area contributed by atoms with Crippen LogP contribution in [0, 0.1) is 10.1 Å². The molecule has 0 spiro atoms. The van der Waals surface area contributed by atoms with Gasteiger partial charge in [0.1, 0.15) is 11.2 Å². The van der Waals surface area contributed by atoms with Gasteiger partial charge in [0.25, 0.3) is 5.69 Å². The van der Waals surface area contributed by atoms with Gasteiger partial charge in [0.2, 0.25) is 0 Å². The van der Waals surface area contributed by atoms with Crippen LogP contribution in [0.3, 0.4) is 0 Å². The summed E-state index contributed by atoms with van der Waals surface area (Å²) in [6, 6.07) is 7.76. The molecule has 8 heteroatoms. The highest BCUT2D eigenvalue weighted by Crippen LogP contribution is 2.39. The van der Waals surface area contributed by atoms with Crippen LogP contribution >= 0.6 is 0 Å². The van der Waals surface area contributed by atoms with Crippen molar-refractivity contribution >= 4 is 34.1 Å². The van der Waals surface area contributed by atoms with E-state index in [9.17, 15) is 19.7 Å². The highest BCUT2D eigenvalue weighted by molar-refractivity contribution is 6.09. The van der Waals surface area contributed by atoms with Gasteiger partial charge in [0, 0.05) is 17.1 Å². The average Bonchev–Trinajstić information content (AvgIpc) is 2.53. The lowest BCUT2D eigenvalue weighted by atomic mass is 9.90. The number of carbonyl (C=O) groups excluding carboxylic acids is 2. The van der Waals surface area contributed by atoms with Crippen LogP contribution < -0.4 is 5.73 Å². The predicted octanol–water partition coefficient (Wildman–Crippen LogP) is 4.10. The van der Waals surface area contributed by atoms with Crippen molar-refractivity contribution in [2.75, 3.05) is 5.73 Å². The van der Waals surface area contributed by atoms with Crippen LogP contribution in [0.5, 0.6) is 0 Å². The van der Waals surface area contributed by atoms with E-state index in [0.717, 1.165) is 6.07 Å². The SMILES string of the molecule is CC(C)(C)OC(=O)C(C(=O)OC(C)(C)C)c1c([N+](=O)[O-])cc(N)c2ccccc12. The van der Waals surface area contributed by atoms with E-state index in [4.69, 9.17) is 15.2 Å². The number of fused-ring (bicyclic) bond motifs is 1. The second-order valence-corrected chi connectivity index (χ2v) is 8.70. The second kappa shape index (κ2) is 7.69. The number of nitro groups is 1. The smallest absolute Gasteiger partial charge is 0.325 e. The first-order valence-electron chi connectivity index (χ1n) is 9.12. The molecule has 2 N–H and O–H groups in total. The number of anilines is 1. The number of nitrogens with two attached hydrogens (primary N) is 1. The Morgan fingerprint density at radius 3 is 1.83 bits per heavy atom. The van der Waals surface area contributed by atoms with Gasteiger partial charge in [-0.15, -0.1) is 0 Å². The van der Waals surface area contributed by atoms with Gasteiger partial charge in [0.15, 0.2) is 5.92 Å². The molecule has 0 aliphatic carbocycles. The van der Waals surface area contributed by atoms with Crippen LogP contribution in [0.4, 0.5) is 11.4 Å². The molecular weight excluding hydrogens is 376 g/mol. The molecule has 2 rings (SSSR count). The zero-order chi connectivity index (χ0) is 22.1. The Morgan fingerprint density at radius 1 is 0.966 bits per heavy atom. The molecule has 29 heavy (non-hydrogen) atoms. The van der Waals surface area contributed by atoms with Crippen molar-refractivity contribution in [1.82, 2.24) is 0 Å². The molecule has 0 saturated carbocycles. The molecule has 0 saturated heterocycles. The van der Waals surface area contributed by atoms with Gasteiger partial charge in [-0.05, 0) is 46.9 Å². The number of nitrogen functional groups attached to an aromatic ring is 1. The third-order valence-electron chi connectivity index (χ3n) is 3.87. The van der Waals surface area contributed by atoms with Crippen LogP contribution in [-0.4, -0.2) is 28.1 Å². The van der Waals surface area contributed by atoms with Crippen LogP contribution in [0.15, 0.2) is 30.3 Å². The quantitative estimate of drug-likeness (QED) is 0.269. The molecule has 0 heterocycles. The van der Waals surface area contributed by atoms with Gasteiger partial charge in [-0.3, -0.25) is 19.7 Å². The summed E-state index contributed by atoms with van der Waals surface area (Å²) in [6.45, 7) is 9.87. The summed E-state index contributed by atoms with van der Waals surface area (Å²) in [5.41, 5.74) is 3.80. The van der Waals surface area contributed by atoms with Crippen molar-refractivity contribution in [2.45, 2.75) is 58.7 Å². The van der Waals surface area contributed by atoms with E-state index in [1.807, 2.05) is 0 Å². The molecule has 2 aromatic carbocycles. The van der Waals surface area contributed by atoms with Crippen molar-refractivity contribution in [3.63, 3.8) is 0 Å². The maximum Gasteiger partial charge on any atom is 0.325 e. The van der Waals surface area contributed by atoms with Gasteiger partial charge >= 0.3 is 11.9 Å². The van der Waals surface area contributed by atoms with Crippen molar-refractivity contribution in [3.05, 3.63) is 46.0 Å². The molecule has 2 aromatic rings. The molecule has 156 valence electrons. The Labute approximate surface area is 169 Å². The summed E-state index contributed by atoms with van der Waals surface area (Å²) < 4.78 is 10.8. The minimum absolute atomic E-state index is 0.0942. The maximum absolute atomic E-state index is 13.0. The van der Waals surface area contributed by atoms with E-state index in [2.05, 4.69) is 0 Å². The normalized spacial score (nSPS) is 12.1. The number of carbonyl (C=O) groups is 2. The number of esters is 2. The predicted molar refractivity (Wildman–Crippen MR) is 109 cm³/mol. The third-order valence-corrected chi connectivity index (χ3v) is 3.87. The first-order valence-corrected chi connectivity index (χ1v) is 9.12. The lowest BCUT2D eigenvalue weighted by Crippen LogP contribution is -2.36. The summed E-state index contributed by atoms with van der Waals surface area (Å²) in [5.74, 6) is -3.49. The topological polar surface area (TPSA) is 122 Å². The number of nitro benzene ring substituents is 1. The van der Waals surface area contributed by atoms with Gasteiger partial charge in [0.05, 0.1) is 10.5 Å². The zero-order valence-electron chi connectivity index (χ0n) is 17.4. The van der Waals surface area contributed by atoms with Crippen molar-refractivity contribution in [1.29, 1.82) is 0 Å². The number of benzene rings is 2. The van der Waals surface area contributed by atoms with E-state index in [1.165, 1.54) is 0 Å². The monoisotopic (exact) mass is 402 g/mol. The van der Waals surface area contributed by atoms with Gasteiger partial charge in [-0.25, -0.2) is 0 Å². The maximum atomic E-state index is 13.0. The highest BCUT2D eigenvalue weighted by Gasteiger charge is 2.41. The second-order valence-electron chi connectivity index (χ2n) is 8.70. The fourth-order valence-electron chi connectivity index (χ4n) is 2.92. The summed E-state index contributed by atoms with van der Waals surface area (Å²) in [4.78, 5) is 37.1. The summed E-state index contributed by atoms with van der Waals surface area (Å²) in [7, 11) is 0. The first kappa shape index (κ1) is 22.1. The number of hydrogen-bond acceptors (Lipinski definition) is 7. The van der Waals surface area contributed by atoms with E-state index < -0.39 is 39.7 Å². The van der Waals surface area contributed by atoms with E-state index in [-0.39, 0.29) is 11.3 Å². The average molecular weight is 402 g/mol. The largest absolute Gasteiger partial charge is 0.459 e. The van der Waals surface area contributed by atoms with Crippen LogP contribution in [-0.2, 0) is 19.1 Å². The fourth-order valence-corrected chi connectivity index (χ4v) is 2.92. The highest BCUT2D eigenvalue weighted by atomic mass is 16.6. The lowest BCUT2D eigenvalue weighted by Gasteiger charge is -2.27. The Bertz CT molecular complexity index is 942. The van der Waals surface area contributed by atoms with Gasteiger partial charge in [-0.2, -0.15) is 0 Å². The van der Waals surface area contributed by atoms with Crippen molar-refractivity contribution in [2.24, 2.45) is 0 Å². The number of nitrogens with zero attached hydrogens (tertiary/aromatic N) is 1. The molecular formula is C21H26N2O6. The van der Waals surface area contributed by atoms with Crippen LogP contribution in [0.1, 0.15) is 53.0 Å². The van der Waals surface area contributed by atoms with Crippen LogP contribution in [0.2, 0.25) is 0 Å². The van der Waals surface area contributed by atoms with E-state index >= 15 is 0 Å². The van der Waals surface area contributed by atoms with Gasteiger partial charge in [-0.1, -0.05) is 24.3 Å². The standard InChI is InChI=1S/C21H26N2O6/c1-20(2,3)28-18(24)17(19(25)29-21(4,5)6)16-13-10-8-7-9-12(13)14(22)11-15(16)23(26)27/h7-11,17H,22H2,1-6H3. The molecule has 0 radical (unpaired) electrons. The molecule has 0 bridgehead atoms.